The van der Waals surface area contributed by atoms with Crippen LogP contribution in [-0.2, 0) is 12.0 Å². The normalized spacial score (nSPS) is 17.5. The van der Waals surface area contributed by atoms with Crippen LogP contribution in [0.1, 0.15) is 55.4 Å². The van der Waals surface area contributed by atoms with Crippen LogP contribution in [0.2, 0.25) is 0 Å². The molecule has 2 aromatic heterocycles. The number of aromatic amines is 1. The number of carbonyl (C=O) groups is 1. The second kappa shape index (κ2) is 7.66. The minimum Gasteiger partial charge on any atom is -0.338 e. The van der Waals surface area contributed by atoms with Crippen LogP contribution < -0.4 is 5.56 Å². The Labute approximate surface area is 175 Å². The summed E-state index contributed by atoms with van der Waals surface area (Å²) < 4.78 is 1.69. The van der Waals surface area contributed by atoms with E-state index in [1.165, 1.54) is 5.56 Å². The topological polar surface area (TPSA) is 96.8 Å². The van der Waals surface area contributed by atoms with Gasteiger partial charge >= 0.3 is 0 Å². The lowest BCUT2D eigenvalue weighted by molar-refractivity contribution is 0.0660. The molecule has 0 radical (unpaired) electrons. The molecule has 1 amide bonds. The first-order chi connectivity index (χ1) is 14.2. The van der Waals surface area contributed by atoms with Crippen molar-refractivity contribution in [3.8, 4) is 0 Å². The summed E-state index contributed by atoms with van der Waals surface area (Å²) in [6, 6.07) is 7.94. The van der Waals surface area contributed by atoms with Crippen LogP contribution in [0, 0.1) is 12.8 Å². The molecule has 1 saturated heterocycles. The molecule has 3 heterocycles. The van der Waals surface area contributed by atoms with Crippen LogP contribution in [0.3, 0.4) is 0 Å². The molecule has 158 valence electrons. The van der Waals surface area contributed by atoms with Gasteiger partial charge in [-0.15, -0.1) is 5.10 Å². The number of nitrogens with zero attached hydrogens (tertiary/aromatic N) is 5. The maximum absolute atomic E-state index is 13.0. The van der Waals surface area contributed by atoms with Gasteiger partial charge in [0.1, 0.15) is 5.82 Å². The van der Waals surface area contributed by atoms with E-state index in [-0.39, 0.29) is 28.3 Å². The van der Waals surface area contributed by atoms with Gasteiger partial charge in [0.25, 0.3) is 11.5 Å². The number of H-pyrrole nitrogens is 1. The number of hydrogen-bond donors (Lipinski definition) is 1. The first-order valence-electron chi connectivity index (χ1n) is 10.4. The Morgan fingerprint density at radius 2 is 1.97 bits per heavy atom. The molecule has 30 heavy (non-hydrogen) atoms. The minimum atomic E-state index is -0.275. The summed E-state index contributed by atoms with van der Waals surface area (Å²) in [5, 5.41) is 8.11. The molecule has 0 bridgehead atoms. The van der Waals surface area contributed by atoms with Gasteiger partial charge < -0.3 is 9.88 Å². The highest BCUT2D eigenvalue weighted by Crippen LogP contribution is 2.24. The van der Waals surface area contributed by atoms with Gasteiger partial charge in [-0.25, -0.2) is 9.67 Å². The number of aromatic nitrogens is 5. The molecule has 0 aliphatic carbocycles. The van der Waals surface area contributed by atoms with E-state index in [1.54, 1.807) is 11.6 Å². The maximum Gasteiger partial charge on any atom is 0.281 e. The van der Waals surface area contributed by atoms with E-state index < -0.39 is 0 Å². The van der Waals surface area contributed by atoms with Crippen molar-refractivity contribution >= 4 is 17.1 Å². The van der Waals surface area contributed by atoms with Crippen molar-refractivity contribution in [3.05, 3.63) is 51.6 Å². The van der Waals surface area contributed by atoms with Gasteiger partial charge in [0, 0.05) is 25.2 Å². The summed E-state index contributed by atoms with van der Waals surface area (Å²) >= 11 is 0. The maximum atomic E-state index is 13.0. The van der Waals surface area contributed by atoms with Crippen LogP contribution >= 0.6 is 0 Å². The summed E-state index contributed by atoms with van der Waals surface area (Å²) in [4.78, 5) is 34.0. The third-order valence-electron chi connectivity index (χ3n) is 5.73. The second-order valence-electron chi connectivity index (χ2n) is 9.18. The van der Waals surface area contributed by atoms with Crippen molar-refractivity contribution in [1.29, 1.82) is 0 Å². The van der Waals surface area contributed by atoms with Crippen LogP contribution in [0.15, 0.2) is 29.1 Å². The van der Waals surface area contributed by atoms with E-state index in [4.69, 9.17) is 0 Å². The number of carbonyl (C=O) groups excluding carboxylic acids is 1. The molecule has 3 aromatic rings. The van der Waals surface area contributed by atoms with Gasteiger partial charge in [0.05, 0.1) is 0 Å². The third-order valence-corrected chi connectivity index (χ3v) is 5.73. The number of piperidine rings is 1. The Kier molecular flexibility index (Phi) is 5.17. The average Bonchev–Trinajstić information content (AvgIpc) is 3.10. The van der Waals surface area contributed by atoms with Gasteiger partial charge in [0.2, 0.25) is 0 Å². The van der Waals surface area contributed by atoms with Crippen LogP contribution in [0.4, 0.5) is 0 Å². The molecule has 1 aliphatic heterocycles. The molecular formula is C22H28N6O2. The molecule has 1 aliphatic rings. The van der Waals surface area contributed by atoms with Crippen molar-refractivity contribution < 1.29 is 4.79 Å². The van der Waals surface area contributed by atoms with Crippen molar-refractivity contribution in [2.75, 3.05) is 13.1 Å². The lowest BCUT2D eigenvalue weighted by Gasteiger charge is -2.33. The molecule has 1 atom stereocenters. The fraction of sp³-hybridized carbons (Fsp3) is 0.500. The number of nitrogens with one attached hydrogen (secondary N) is 1. The Bertz CT molecular complexity index is 1120. The van der Waals surface area contributed by atoms with Gasteiger partial charge in [-0.1, -0.05) is 38.1 Å². The quantitative estimate of drug-likeness (QED) is 0.719. The highest BCUT2D eigenvalue weighted by atomic mass is 16.2. The Hall–Kier alpha value is -3.03. The lowest BCUT2D eigenvalue weighted by atomic mass is 9.86. The van der Waals surface area contributed by atoms with Crippen molar-refractivity contribution in [3.63, 3.8) is 0 Å². The molecule has 1 aromatic carbocycles. The van der Waals surface area contributed by atoms with Gasteiger partial charge in [-0.05, 0) is 48.8 Å². The summed E-state index contributed by atoms with van der Waals surface area (Å²) in [7, 11) is 0. The zero-order valence-electron chi connectivity index (χ0n) is 18.0. The number of rotatable bonds is 3. The predicted molar refractivity (Wildman–Crippen MR) is 114 cm³/mol. The minimum absolute atomic E-state index is 0.0620. The van der Waals surface area contributed by atoms with Gasteiger partial charge in [-0.3, -0.25) is 9.59 Å². The summed E-state index contributed by atoms with van der Waals surface area (Å²) in [5.74, 6) is 0.840. The molecule has 1 N–H and O–H groups in total. The highest BCUT2D eigenvalue weighted by molar-refractivity contribution is 5.94. The van der Waals surface area contributed by atoms with Crippen molar-refractivity contribution in [2.45, 2.75) is 52.5 Å². The lowest BCUT2D eigenvalue weighted by Crippen LogP contribution is -2.41. The zero-order valence-corrected chi connectivity index (χ0v) is 18.0. The summed E-state index contributed by atoms with van der Waals surface area (Å²) in [6.45, 7) is 10.2. The molecule has 8 heteroatoms. The predicted octanol–water partition coefficient (Wildman–Crippen LogP) is 2.67. The largest absolute Gasteiger partial charge is 0.338 e. The fourth-order valence-corrected chi connectivity index (χ4v) is 4.04. The molecule has 0 spiro atoms. The average molecular weight is 409 g/mol. The number of hydrogen-bond acceptors (Lipinski definition) is 5. The van der Waals surface area contributed by atoms with Crippen LogP contribution in [-0.4, -0.2) is 48.9 Å². The van der Waals surface area contributed by atoms with E-state index >= 15 is 0 Å². The first kappa shape index (κ1) is 20.3. The monoisotopic (exact) mass is 408 g/mol. The summed E-state index contributed by atoms with van der Waals surface area (Å²) in [6.07, 6.45) is 1.94. The van der Waals surface area contributed by atoms with Crippen molar-refractivity contribution in [2.24, 2.45) is 5.92 Å². The highest BCUT2D eigenvalue weighted by Gasteiger charge is 2.26. The first-order valence-corrected chi connectivity index (χ1v) is 10.4. The molecule has 1 fully saturated rings. The number of fused-ring (bicyclic) bond motifs is 1. The Balaban J connectivity index is 1.48. The van der Waals surface area contributed by atoms with E-state index in [0.29, 0.717) is 24.6 Å². The van der Waals surface area contributed by atoms with Gasteiger partial charge in [0.15, 0.2) is 11.2 Å². The van der Waals surface area contributed by atoms with Crippen LogP contribution in [0.25, 0.3) is 11.2 Å². The molecule has 8 nitrogen and oxygen atoms in total. The number of aryl methyl sites for hydroxylation is 1. The Morgan fingerprint density at radius 1 is 1.23 bits per heavy atom. The smallest absolute Gasteiger partial charge is 0.281 e. The zero-order chi connectivity index (χ0) is 21.5. The summed E-state index contributed by atoms with van der Waals surface area (Å²) in [5.41, 5.74) is 2.47. The molecule has 0 saturated carbocycles. The van der Waals surface area contributed by atoms with Gasteiger partial charge in [-0.2, -0.15) is 0 Å². The third kappa shape index (κ3) is 3.99. The molecule has 4 rings (SSSR count). The number of benzene rings is 1. The van der Waals surface area contributed by atoms with E-state index in [9.17, 15) is 9.59 Å². The fourth-order valence-electron chi connectivity index (χ4n) is 4.04. The molecular weight excluding hydrogens is 380 g/mol. The van der Waals surface area contributed by atoms with E-state index in [2.05, 4.69) is 41.1 Å². The van der Waals surface area contributed by atoms with Crippen LogP contribution in [0.5, 0.6) is 0 Å². The Morgan fingerprint density at radius 3 is 2.67 bits per heavy atom. The van der Waals surface area contributed by atoms with Crippen molar-refractivity contribution in [1.82, 2.24) is 29.9 Å². The number of amides is 1. The standard InChI is InChI=1S/C22H28N6O2/c1-14-23-19-18(20(29)24-14)25-26-28(19)13-15-6-5-11-27(12-15)21(30)16-7-9-17(10-8-16)22(2,3)4/h7-10,15H,5-6,11-13H2,1-4H3,(H,23,24,29)/t15-/m0/s1. The second-order valence-corrected chi connectivity index (χ2v) is 9.18. The SMILES string of the molecule is Cc1nc2c(nnn2C[C@H]2CCCN(C(=O)c3ccc(C(C)(C)C)cc3)C2)c(=O)[nH]1. The number of likely N-dealkylation sites (tertiary alicyclic amines) is 1. The van der Waals surface area contributed by atoms with E-state index in [0.717, 1.165) is 24.9 Å². The molecule has 0 unspecified atom stereocenters. The van der Waals surface area contributed by atoms with E-state index in [1.807, 2.05) is 29.2 Å².